The molecule has 2 aliphatic rings. The molecule has 4 rings (SSSR count). The number of oxazole rings is 1. The standard InChI is InChI=1S/C21H29N5O/c1-16-5-7-17(8-6-16)20-24-18(15-27-20)13-23-21(22-2)26-12-9-19(14-26)25-10-3-4-11-25/h5-8,15,19H,3-4,9-14H2,1-2H3,(H,22,23). The number of likely N-dealkylation sites (tertiary alicyclic amines) is 2. The Morgan fingerprint density at radius 1 is 1.22 bits per heavy atom. The number of rotatable bonds is 4. The van der Waals surface area contributed by atoms with Crippen LogP contribution in [0.15, 0.2) is 39.9 Å². The summed E-state index contributed by atoms with van der Waals surface area (Å²) < 4.78 is 5.66. The zero-order valence-electron chi connectivity index (χ0n) is 16.3. The fourth-order valence-electron chi connectivity index (χ4n) is 4.06. The van der Waals surface area contributed by atoms with Crippen molar-refractivity contribution >= 4 is 5.96 Å². The molecule has 0 amide bonds. The zero-order chi connectivity index (χ0) is 18.6. The van der Waals surface area contributed by atoms with Crippen molar-refractivity contribution in [2.45, 2.75) is 38.8 Å². The van der Waals surface area contributed by atoms with E-state index < -0.39 is 0 Å². The molecule has 2 aromatic rings. The Balaban J connectivity index is 1.33. The van der Waals surface area contributed by atoms with Crippen LogP contribution in [0.5, 0.6) is 0 Å². The molecule has 0 aliphatic carbocycles. The highest BCUT2D eigenvalue weighted by Crippen LogP contribution is 2.21. The molecule has 144 valence electrons. The quantitative estimate of drug-likeness (QED) is 0.665. The smallest absolute Gasteiger partial charge is 0.226 e. The van der Waals surface area contributed by atoms with E-state index in [0.29, 0.717) is 18.5 Å². The van der Waals surface area contributed by atoms with Crippen LogP contribution in [-0.2, 0) is 6.54 Å². The molecule has 1 aromatic carbocycles. The number of hydrogen-bond acceptors (Lipinski definition) is 4. The van der Waals surface area contributed by atoms with Gasteiger partial charge in [-0.1, -0.05) is 17.7 Å². The predicted molar refractivity (Wildman–Crippen MR) is 108 cm³/mol. The van der Waals surface area contributed by atoms with E-state index in [1.807, 2.05) is 19.2 Å². The Bertz CT molecular complexity index is 776. The average molecular weight is 367 g/mol. The van der Waals surface area contributed by atoms with E-state index in [-0.39, 0.29) is 0 Å². The Hall–Kier alpha value is -2.34. The Kier molecular flexibility index (Phi) is 5.43. The molecular formula is C21H29N5O. The summed E-state index contributed by atoms with van der Waals surface area (Å²) in [5.74, 6) is 1.62. The van der Waals surface area contributed by atoms with Gasteiger partial charge in [0.25, 0.3) is 0 Å². The zero-order valence-corrected chi connectivity index (χ0v) is 16.3. The monoisotopic (exact) mass is 367 g/mol. The Labute approximate surface area is 161 Å². The van der Waals surface area contributed by atoms with Gasteiger partial charge in [0.05, 0.1) is 12.2 Å². The minimum Gasteiger partial charge on any atom is -0.444 e. The van der Waals surface area contributed by atoms with E-state index in [2.05, 4.69) is 44.1 Å². The van der Waals surface area contributed by atoms with Crippen LogP contribution in [0.4, 0.5) is 0 Å². The molecule has 3 heterocycles. The van der Waals surface area contributed by atoms with Gasteiger partial charge in [-0.2, -0.15) is 0 Å². The molecule has 2 fully saturated rings. The van der Waals surface area contributed by atoms with Crippen LogP contribution in [0.25, 0.3) is 11.5 Å². The first-order chi connectivity index (χ1) is 13.2. The SMILES string of the molecule is CN=C(NCc1coc(-c2ccc(C)cc2)n1)N1CCC(N2CCCC2)C1. The van der Waals surface area contributed by atoms with Gasteiger partial charge in [0, 0.05) is 31.7 Å². The van der Waals surface area contributed by atoms with Gasteiger partial charge in [0.15, 0.2) is 5.96 Å². The highest BCUT2D eigenvalue weighted by atomic mass is 16.3. The molecule has 6 heteroatoms. The maximum atomic E-state index is 5.66. The van der Waals surface area contributed by atoms with E-state index in [0.717, 1.165) is 30.3 Å². The van der Waals surface area contributed by atoms with E-state index in [4.69, 9.17) is 4.42 Å². The second-order valence-corrected chi connectivity index (χ2v) is 7.54. The third-order valence-electron chi connectivity index (χ3n) is 5.61. The summed E-state index contributed by atoms with van der Waals surface area (Å²) in [6.45, 7) is 7.33. The number of benzene rings is 1. The summed E-state index contributed by atoms with van der Waals surface area (Å²) >= 11 is 0. The molecule has 2 saturated heterocycles. The highest BCUT2D eigenvalue weighted by molar-refractivity contribution is 5.80. The van der Waals surface area contributed by atoms with Gasteiger partial charge < -0.3 is 14.6 Å². The first-order valence-corrected chi connectivity index (χ1v) is 9.94. The van der Waals surface area contributed by atoms with Crippen LogP contribution in [0.3, 0.4) is 0 Å². The van der Waals surface area contributed by atoms with Gasteiger partial charge in [-0.15, -0.1) is 0 Å². The molecule has 1 unspecified atom stereocenters. The van der Waals surface area contributed by atoms with Crippen LogP contribution in [-0.4, -0.2) is 60.0 Å². The van der Waals surface area contributed by atoms with Gasteiger partial charge in [-0.05, 0) is 51.4 Å². The van der Waals surface area contributed by atoms with Crippen molar-refractivity contribution in [1.82, 2.24) is 20.1 Å². The second-order valence-electron chi connectivity index (χ2n) is 7.54. The molecule has 0 bridgehead atoms. The van der Waals surface area contributed by atoms with Crippen molar-refractivity contribution in [2.75, 3.05) is 33.2 Å². The molecule has 0 spiro atoms. The second kappa shape index (κ2) is 8.13. The van der Waals surface area contributed by atoms with Gasteiger partial charge in [0.2, 0.25) is 5.89 Å². The molecule has 2 aliphatic heterocycles. The first-order valence-electron chi connectivity index (χ1n) is 9.94. The summed E-state index contributed by atoms with van der Waals surface area (Å²) in [5.41, 5.74) is 3.13. The molecule has 1 N–H and O–H groups in total. The van der Waals surface area contributed by atoms with Crippen LogP contribution >= 0.6 is 0 Å². The molecular weight excluding hydrogens is 338 g/mol. The van der Waals surface area contributed by atoms with Gasteiger partial charge in [0.1, 0.15) is 6.26 Å². The lowest BCUT2D eigenvalue weighted by Crippen LogP contribution is -2.42. The van der Waals surface area contributed by atoms with Crippen molar-refractivity contribution in [2.24, 2.45) is 4.99 Å². The van der Waals surface area contributed by atoms with Crippen LogP contribution < -0.4 is 5.32 Å². The summed E-state index contributed by atoms with van der Waals surface area (Å²) in [5, 5.41) is 3.45. The van der Waals surface area contributed by atoms with Crippen molar-refractivity contribution < 1.29 is 4.42 Å². The summed E-state index contributed by atoms with van der Waals surface area (Å²) in [6.07, 6.45) is 5.65. The summed E-state index contributed by atoms with van der Waals surface area (Å²) in [6, 6.07) is 8.90. The Morgan fingerprint density at radius 3 is 2.74 bits per heavy atom. The lowest BCUT2D eigenvalue weighted by Gasteiger charge is -2.25. The van der Waals surface area contributed by atoms with Crippen LogP contribution in [0.2, 0.25) is 0 Å². The fourth-order valence-corrected chi connectivity index (χ4v) is 4.06. The van der Waals surface area contributed by atoms with Gasteiger partial charge in [-0.25, -0.2) is 4.98 Å². The maximum Gasteiger partial charge on any atom is 0.226 e. The maximum absolute atomic E-state index is 5.66. The average Bonchev–Trinajstić information content (AvgIpc) is 3.44. The molecule has 1 aromatic heterocycles. The predicted octanol–water partition coefficient (Wildman–Crippen LogP) is 2.90. The van der Waals surface area contributed by atoms with E-state index in [1.54, 1.807) is 6.26 Å². The molecule has 0 saturated carbocycles. The topological polar surface area (TPSA) is 56.9 Å². The summed E-state index contributed by atoms with van der Waals surface area (Å²) in [4.78, 5) is 14.1. The number of aliphatic imine (C=N–C) groups is 1. The third-order valence-corrected chi connectivity index (χ3v) is 5.61. The normalized spacial score (nSPS) is 21.2. The highest BCUT2D eigenvalue weighted by Gasteiger charge is 2.30. The lowest BCUT2D eigenvalue weighted by molar-refractivity contribution is 0.249. The third kappa shape index (κ3) is 4.16. The number of nitrogens with zero attached hydrogens (tertiary/aromatic N) is 4. The van der Waals surface area contributed by atoms with E-state index in [9.17, 15) is 0 Å². The lowest BCUT2D eigenvalue weighted by atomic mass is 10.1. The number of aromatic nitrogens is 1. The minimum atomic E-state index is 0.618. The van der Waals surface area contributed by atoms with Crippen LogP contribution in [0, 0.1) is 6.92 Å². The molecule has 0 radical (unpaired) electrons. The number of aryl methyl sites for hydroxylation is 1. The molecule has 27 heavy (non-hydrogen) atoms. The van der Waals surface area contributed by atoms with Crippen molar-refractivity contribution in [3.63, 3.8) is 0 Å². The largest absolute Gasteiger partial charge is 0.444 e. The summed E-state index contributed by atoms with van der Waals surface area (Å²) in [7, 11) is 1.85. The van der Waals surface area contributed by atoms with Crippen molar-refractivity contribution in [3.05, 3.63) is 41.8 Å². The molecule has 1 atom stereocenters. The van der Waals surface area contributed by atoms with E-state index >= 15 is 0 Å². The number of guanidine groups is 1. The van der Waals surface area contributed by atoms with Crippen molar-refractivity contribution in [3.8, 4) is 11.5 Å². The van der Waals surface area contributed by atoms with Crippen LogP contribution in [0.1, 0.15) is 30.5 Å². The first kappa shape index (κ1) is 18.0. The fraction of sp³-hybridized carbons (Fsp3) is 0.524. The van der Waals surface area contributed by atoms with Gasteiger partial charge >= 0.3 is 0 Å². The number of hydrogen-bond donors (Lipinski definition) is 1. The number of nitrogens with one attached hydrogen (secondary N) is 1. The Morgan fingerprint density at radius 2 is 2.00 bits per heavy atom. The van der Waals surface area contributed by atoms with Gasteiger partial charge in [-0.3, -0.25) is 9.89 Å². The van der Waals surface area contributed by atoms with Crippen molar-refractivity contribution in [1.29, 1.82) is 0 Å². The molecule has 6 nitrogen and oxygen atoms in total. The van der Waals surface area contributed by atoms with E-state index in [1.165, 1.54) is 37.9 Å². The minimum absolute atomic E-state index is 0.618.